The summed E-state index contributed by atoms with van der Waals surface area (Å²) in [5.41, 5.74) is 3.18. The number of rotatable bonds is 2. The van der Waals surface area contributed by atoms with Crippen molar-refractivity contribution in [2.75, 3.05) is 0 Å². The molecule has 0 N–H and O–H groups in total. The second kappa shape index (κ2) is 6.52. The first-order valence-corrected chi connectivity index (χ1v) is 8.31. The van der Waals surface area contributed by atoms with Crippen LogP contribution in [0.3, 0.4) is 0 Å². The van der Waals surface area contributed by atoms with Crippen LogP contribution in [0.2, 0.25) is 5.02 Å². The van der Waals surface area contributed by atoms with Gasteiger partial charge in [0.15, 0.2) is 4.80 Å². The Labute approximate surface area is 143 Å². The predicted molar refractivity (Wildman–Crippen MR) is 96.6 cm³/mol. The van der Waals surface area contributed by atoms with E-state index in [1.165, 1.54) is 23.0 Å². The molecule has 0 saturated heterocycles. The zero-order chi connectivity index (χ0) is 16.4. The fraction of sp³-hybridized carbons (Fsp3) is 0.111. The Kier molecular flexibility index (Phi) is 4.46. The van der Waals surface area contributed by atoms with E-state index in [0.29, 0.717) is 9.82 Å². The minimum absolute atomic E-state index is 0.279. The number of thiazole rings is 1. The number of carbonyl (C=O) groups excluding carboxylic acids is 1. The maximum atomic E-state index is 12.1. The number of hydrogen-bond acceptors (Lipinski definition) is 2. The van der Waals surface area contributed by atoms with Gasteiger partial charge in [-0.3, -0.25) is 4.79 Å². The number of halogens is 1. The van der Waals surface area contributed by atoms with E-state index in [0.717, 1.165) is 15.8 Å². The minimum atomic E-state index is -0.279. The second-order valence-electron chi connectivity index (χ2n) is 5.25. The molecule has 3 nitrogen and oxygen atoms in total. The number of aryl methyl sites for hydroxylation is 2. The summed E-state index contributed by atoms with van der Waals surface area (Å²) in [5, 5.41) is 0.672. The van der Waals surface area contributed by atoms with E-state index in [-0.39, 0.29) is 5.91 Å². The van der Waals surface area contributed by atoms with Crippen molar-refractivity contribution in [2.24, 2.45) is 12.0 Å². The topological polar surface area (TPSA) is 34.4 Å². The number of carbonyl (C=O) groups is 1. The summed E-state index contributed by atoms with van der Waals surface area (Å²) < 4.78 is 3.06. The first-order chi connectivity index (χ1) is 11.0. The number of amides is 1. The van der Waals surface area contributed by atoms with Crippen LogP contribution in [0.4, 0.5) is 0 Å². The molecule has 0 aliphatic carbocycles. The van der Waals surface area contributed by atoms with Gasteiger partial charge in [0.1, 0.15) is 0 Å². The van der Waals surface area contributed by atoms with E-state index in [1.54, 1.807) is 18.2 Å². The summed E-state index contributed by atoms with van der Waals surface area (Å²) >= 11 is 7.35. The lowest BCUT2D eigenvalue weighted by molar-refractivity contribution is -0.113. The normalized spacial score (nSPS) is 12.4. The van der Waals surface area contributed by atoms with Crippen molar-refractivity contribution >= 4 is 45.1 Å². The Hall–Kier alpha value is -2.17. The van der Waals surface area contributed by atoms with Gasteiger partial charge in [-0.2, -0.15) is 4.99 Å². The zero-order valence-corrected chi connectivity index (χ0v) is 14.4. The quantitative estimate of drug-likeness (QED) is 0.638. The van der Waals surface area contributed by atoms with Crippen LogP contribution in [0.25, 0.3) is 16.3 Å². The molecule has 3 rings (SSSR count). The molecule has 0 radical (unpaired) electrons. The third kappa shape index (κ3) is 3.60. The summed E-state index contributed by atoms with van der Waals surface area (Å²) in [6.45, 7) is 2.05. The lowest BCUT2D eigenvalue weighted by Gasteiger charge is -1.95. The van der Waals surface area contributed by atoms with Gasteiger partial charge >= 0.3 is 0 Å². The van der Waals surface area contributed by atoms with Gasteiger partial charge in [-0.15, -0.1) is 0 Å². The summed E-state index contributed by atoms with van der Waals surface area (Å²) in [5.74, 6) is -0.279. The van der Waals surface area contributed by atoms with Crippen molar-refractivity contribution < 1.29 is 4.79 Å². The lowest BCUT2D eigenvalue weighted by Crippen LogP contribution is -2.12. The SMILES string of the molecule is Cc1ccc2c(c1)sc(=NC(=O)/C=C/c1ccc(Cl)cc1)n2C. The third-order valence-corrected chi connectivity index (χ3v) is 4.81. The molecule has 0 aliphatic rings. The molecule has 5 heteroatoms. The van der Waals surface area contributed by atoms with Crippen molar-refractivity contribution in [2.45, 2.75) is 6.92 Å². The highest BCUT2D eigenvalue weighted by atomic mass is 35.5. The van der Waals surface area contributed by atoms with Gasteiger partial charge in [0.2, 0.25) is 0 Å². The van der Waals surface area contributed by atoms with Crippen molar-refractivity contribution in [1.82, 2.24) is 4.57 Å². The van der Waals surface area contributed by atoms with Crippen molar-refractivity contribution in [3.05, 3.63) is 69.5 Å². The summed E-state index contributed by atoms with van der Waals surface area (Å²) in [6, 6.07) is 13.5. The van der Waals surface area contributed by atoms with Gasteiger partial charge in [0.25, 0.3) is 5.91 Å². The van der Waals surface area contributed by atoms with Crippen LogP contribution in [0, 0.1) is 6.92 Å². The second-order valence-corrected chi connectivity index (χ2v) is 6.70. The molecule has 1 aromatic heterocycles. The van der Waals surface area contributed by atoms with Gasteiger partial charge in [-0.25, -0.2) is 0 Å². The molecule has 0 saturated carbocycles. The number of fused-ring (bicyclic) bond motifs is 1. The van der Waals surface area contributed by atoms with Crippen LogP contribution in [0.1, 0.15) is 11.1 Å². The van der Waals surface area contributed by atoms with Crippen LogP contribution >= 0.6 is 22.9 Å². The van der Waals surface area contributed by atoms with Crippen LogP contribution in [-0.2, 0) is 11.8 Å². The van der Waals surface area contributed by atoms with Gasteiger partial charge in [0, 0.05) is 18.1 Å². The highest BCUT2D eigenvalue weighted by molar-refractivity contribution is 7.16. The highest BCUT2D eigenvalue weighted by Crippen LogP contribution is 2.17. The molecule has 0 aliphatic heterocycles. The molecule has 23 heavy (non-hydrogen) atoms. The Morgan fingerprint density at radius 1 is 1.22 bits per heavy atom. The fourth-order valence-electron chi connectivity index (χ4n) is 2.22. The molecule has 0 atom stereocenters. The van der Waals surface area contributed by atoms with E-state index in [4.69, 9.17) is 11.6 Å². The molecular weight excluding hydrogens is 328 g/mol. The van der Waals surface area contributed by atoms with E-state index >= 15 is 0 Å². The lowest BCUT2D eigenvalue weighted by atomic mass is 10.2. The summed E-state index contributed by atoms with van der Waals surface area (Å²) in [6.07, 6.45) is 3.21. The maximum Gasteiger partial charge on any atom is 0.272 e. The summed E-state index contributed by atoms with van der Waals surface area (Å²) in [4.78, 5) is 16.9. The van der Waals surface area contributed by atoms with Crippen molar-refractivity contribution in [3.63, 3.8) is 0 Å². The van der Waals surface area contributed by atoms with Crippen molar-refractivity contribution in [3.8, 4) is 0 Å². The largest absolute Gasteiger partial charge is 0.319 e. The number of nitrogens with zero attached hydrogens (tertiary/aromatic N) is 2. The third-order valence-electron chi connectivity index (χ3n) is 3.46. The van der Waals surface area contributed by atoms with Crippen LogP contribution in [0.15, 0.2) is 53.5 Å². The summed E-state index contributed by atoms with van der Waals surface area (Å²) in [7, 11) is 1.92. The molecule has 116 valence electrons. The molecule has 1 heterocycles. The number of benzene rings is 2. The Morgan fingerprint density at radius 3 is 2.70 bits per heavy atom. The first-order valence-electron chi connectivity index (χ1n) is 7.11. The number of aromatic nitrogens is 1. The molecule has 0 fully saturated rings. The molecular formula is C18H15ClN2OS. The van der Waals surface area contributed by atoms with E-state index in [2.05, 4.69) is 24.0 Å². The van der Waals surface area contributed by atoms with Gasteiger partial charge in [-0.1, -0.05) is 41.1 Å². The average molecular weight is 343 g/mol. The van der Waals surface area contributed by atoms with Crippen molar-refractivity contribution in [1.29, 1.82) is 0 Å². The Balaban J connectivity index is 1.90. The van der Waals surface area contributed by atoms with Gasteiger partial charge in [-0.05, 0) is 48.4 Å². The molecule has 0 bridgehead atoms. The highest BCUT2D eigenvalue weighted by Gasteiger charge is 2.03. The van der Waals surface area contributed by atoms with Crippen LogP contribution < -0.4 is 4.80 Å². The maximum absolute atomic E-state index is 12.1. The zero-order valence-electron chi connectivity index (χ0n) is 12.8. The molecule has 3 aromatic rings. The molecule has 0 spiro atoms. The molecule has 1 amide bonds. The van der Waals surface area contributed by atoms with E-state index in [9.17, 15) is 4.79 Å². The predicted octanol–water partition coefficient (Wildman–Crippen LogP) is 4.34. The minimum Gasteiger partial charge on any atom is -0.319 e. The van der Waals surface area contributed by atoms with Crippen LogP contribution in [0.5, 0.6) is 0 Å². The van der Waals surface area contributed by atoms with E-state index < -0.39 is 0 Å². The fourth-order valence-corrected chi connectivity index (χ4v) is 3.47. The van der Waals surface area contributed by atoms with Crippen LogP contribution in [-0.4, -0.2) is 10.5 Å². The first kappa shape index (κ1) is 15.7. The monoisotopic (exact) mass is 342 g/mol. The van der Waals surface area contributed by atoms with E-state index in [1.807, 2.05) is 29.8 Å². The van der Waals surface area contributed by atoms with Gasteiger partial charge < -0.3 is 4.57 Å². The average Bonchev–Trinajstić information content (AvgIpc) is 2.82. The Morgan fingerprint density at radius 2 is 1.96 bits per heavy atom. The van der Waals surface area contributed by atoms with Gasteiger partial charge in [0.05, 0.1) is 10.2 Å². The standard InChI is InChI=1S/C18H15ClN2OS/c1-12-3-9-15-16(11-12)23-18(21(15)2)20-17(22)10-6-13-4-7-14(19)8-5-13/h3-11H,1-2H3/b10-6+,20-18?. The molecule has 0 unspecified atom stereocenters. The Bertz CT molecular complexity index is 965. The molecule has 2 aromatic carbocycles. The number of hydrogen-bond donors (Lipinski definition) is 0. The smallest absolute Gasteiger partial charge is 0.272 e.